The van der Waals surface area contributed by atoms with Crippen molar-refractivity contribution in [3.63, 3.8) is 0 Å². The molecular formula is C27H32N2O5S. The van der Waals surface area contributed by atoms with Gasteiger partial charge in [-0.2, -0.15) is 0 Å². The molecule has 0 spiro atoms. The van der Waals surface area contributed by atoms with Crippen LogP contribution in [0.5, 0.6) is 0 Å². The Labute approximate surface area is 210 Å². The number of benzene rings is 2. The predicted molar refractivity (Wildman–Crippen MR) is 136 cm³/mol. The zero-order valence-corrected chi connectivity index (χ0v) is 20.9. The first kappa shape index (κ1) is 25.1. The summed E-state index contributed by atoms with van der Waals surface area (Å²) in [6, 6.07) is 16.4. The third kappa shape index (κ3) is 5.81. The minimum absolute atomic E-state index is 0.00484. The molecule has 2 atom stereocenters. The maximum atomic E-state index is 12.8. The van der Waals surface area contributed by atoms with Crippen molar-refractivity contribution in [2.24, 2.45) is 11.8 Å². The highest BCUT2D eigenvalue weighted by molar-refractivity contribution is 8.00. The summed E-state index contributed by atoms with van der Waals surface area (Å²) in [6.45, 7) is 5.38. The summed E-state index contributed by atoms with van der Waals surface area (Å²) in [5.74, 6) is -0.236. The first-order valence-electron chi connectivity index (χ1n) is 12.1. The van der Waals surface area contributed by atoms with Crippen molar-refractivity contribution in [1.29, 1.82) is 0 Å². The van der Waals surface area contributed by atoms with Gasteiger partial charge in [-0.1, -0.05) is 62.4 Å². The molecule has 0 bridgehead atoms. The molecular weight excluding hydrogens is 464 g/mol. The van der Waals surface area contributed by atoms with Gasteiger partial charge >= 0.3 is 12.1 Å². The van der Waals surface area contributed by atoms with Gasteiger partial charge < -0.3 is 20.1 Å². The molecule has 2 aliphatic rings. The summed E-state index contributed by atoms with van der Waals surface area (Å²) in [5.41, 5.74) is 4.67. The lowest BCUT2D eigenvalue weighted by atomic mass is 9.92. The number of nitrogens with zero attached hydrogens (tertiary/aromatic N) is 1. The molecule has 1 heterocycles. The van der Waals surface area contributed by atoms with Gasteiger partial charge in [-0.05, 0) is 34.1 Å². The Balaban J connectivity index is 1.30. The van der Waals surface area contributed by atoms with Crippen molar-refractivity contribution in [3.8, 4) is 11.1 Å². The van der Waals surface area contributed by atoms with Gasteiger partial charge in [0.2, 0.25) is 5.91 Å². The fraction of sp³-hybridized carbons (Fsp3) is 0.444. The SMILES string of the molecule is CC(C)C(CNC(=O)OCC1c2ccccc2-c2ccccc21)CC(=O)N1CCSC(C(=O)O)C1. The zero-order chi connectivity index (χ0) is 24.9. The van der Waals surface area contributed by atoms with Gasteiger partial charge in [0.1, 0.15) is 11.9 Å². The van der Waals surface area contributed by atoms with E-state index in [0.717, 1.165) is 11.1 Å². The fourth-order valence-electron chi connectivity index (χ4n) is 4.79. The van der Waals surface area contributed by atoms with E-state index in [2.05, 4.69) is 29.6 Å². The summed E-state index contributed by atoms with van der Waals surface area (Å²) in [6.07, 6.45) is -0.233. The molecule has 186 valence electrons. The number of aliphatic carboxylic acids is 1. The standard InChI is InChI=1S/C27H32N2O5S/c1-17(2)18(13-25(30)29-11-12-35-24(15-29)26(31)32)14-28-27(33)34-16-23-21-9-5-3-7-19(21)20-8-4-6-10-22(20)23/h3-10,17-18,23-24H,11-16H2,1-2H3,(H,28,33)(H,31,32). The maximum absolute atomic E-state index is 12.8. The third-order valence-corrected chi connectivity index (χ3v) is 8.10. The monoisotopic (exact) mass is 496 g/mol. The van der Waals surface area contributed by atoms with Crippen LogP contribution in [0.15, 0.2) is 48.5 Å². The Morgan fingerprint density at radius 1 is 1.09 bits per heavy atom. The van der Waals surface area contributed by atoms with E-state index in [9.17, 15) is 19.5 Å². The van der Waals surface area contributed by atoms with Gasteiger partial charge in [0.05, 0.1) is 0 Å². The number of ether oxygens (including phenoxy) is 1. The number of carbonyl (C=O) groups excluding carboxylic acids is 2. The van der Waals surface area contributed by atoms with E-state index in [1.54, 1.807) is 4.90 Å². The fourth-order valence-corrected chi connectivity index (χ4v) is 5.82. The smallest absolute Gasteiger partial charge is 0.407 e. The lowest BCUT2D eigenvalue weighted by Crippen LogP contribution is -2.46. The van der Waals surface area contributed by atoms with Crippen LogP contribution in [0.1, 0.15) is 37.3 Å². The summed E-state index contributed by atoms with van der Waals surface area (Å²) in [5, 5.41) is 11.5. The van der Waals surface area contributed by atoms with Gasteiger partial charge in [0.15, 0.2) is 0 Å². The molecule has 2 aromatic carbocycles. The van der Waals surface area contributed by atoms with E-state index in [4.69, 9.17) is 4.74 Å². The first-order chi connectivity index (χ1) is 16.8. The van der Waals surface area contributed by atoms with Crippen LogP contribution in [0, 0.1) is 11.8 Å². The second-order valence-corrected chi connectivity index (χ2v) is 10.8. The van der Waals surface area contributed by atoms with Crippen LogP contribution in [0.2, 0.25) is 0 Å². The molecule has 2 N–H and O–H groups in total. The number of carbonyl (C=O) groups is 3. The molecule has 1 fully saturated rings. The minimum atomic E-state index is -0.884. The molecule has 35 heavy (non-hydrogen) atoms. The van der Waals surface area contributed by atoms with E-state index < -0.39 is 17.3 Å². The second-order valence-electron chi connectivity index (χ2n) is 9.45. The van der Waals surface area contributed by atoms with E-state index in [1.807, 2.05) is 38.1 Å². The number of carboxylic acids is 1. The van der Waals surface area contributed by atoms with Crippen molar-refractivity contribution < 1.29 is 24.2 Å². The molecule has 1 saturated heterocycles. The molecule has 0 aromatic heterocycles. The molecule has 2 unspecified atom stereocenters. The van der Waals surface area contributed by atoms with E-state index >= 15 is 0 Å². The minimum Gasteiger partial charge on any atom is -0.480 e. The average Bonchev–Trinajstić information content (AvgIpc) is 3.18. The van der Waals surface area contributed by atoms with Gasteiger partial charge in [-0.25, -0.2) is 4.79 Å². The molecule has 2 amide bonds. The van der Waals surface area contributed by atoms with Crippen LogP contribution in [0.4, 0.5) is 4.79 Å². The first-order valence-corrected chi connectivity index (χ1v) is 13.1. The Morgan fingerprint density at radius 2 is 1.71 bits per heavy atom. The predicted octanol–water partition coefficient (Wildman–Crippen LogP) is 4.22. The van der Waals surface area contributed by atoms with E-state index in [-0.39, 0.29) is 43.2 Å². The number of thioether (sulfide) groups is 1. The summed E-state index contributed by atoms with van der Waals surface area (Å²) in [7, 11) is 0. The molecule has 0 saturated carbocycles. The lowest BCUT2D eigenvalue weighted by Gasteiger charge is -2.32. The van der Waals surface area contributed by atoms with Crippen molar-refractivity contribution in [2.75, 3.05) is 32.0 Å². The van der Waals surface area contributed by atoms with Crippen LogP contribution in [0.3, 0.4) is 0 Å². The lowest BCUT2D eigenvalue weighted by molar-refractivity contribution is -0.138. The number of fused-ring (bicyclic) bond motifs is 3. The van der Waals surface area contributed by atoms with Crippen molar-refractivity contribution in [2.45, 2.75) is 31.4 Å². The number of nitrogens with one attached hydrogen (secondary N) is 1. The number of hydrogen-bond acceptors (Lipinski definition) is 5. The third-order valence-electron chi connectivity index (χ3n) is 6.93. The van der Waals surface area contributed by atoms with Gasteiger partial charge in [0, 0.05) is 37.7 Å². The molecule has 4 rings (SSSR count). The highest BCUT2D eigenvalue weighted by Gasteiger charge is 2.31. The Bertz CT molecular complexity index is 1040. The molecule has 7 nitrogen and oxygen atoms in total. The molecule has 1 aliphatic carbocycles. The number of alkyl carbamates (subject to hydrolysis) is 1. The normalized spacial score (nSPS) is 18.0. The zero-order valence-electron chi connectivity index (χ0n) is 20.1. The number of amides is 2. The second kappa shape index (κ2) is 11.2. The Kier molecular flexibility index (Phi) is 8.00. The summed E-state index contributed by atoms with van der Waals surface area (Å²) >= 11 is 1.37. The van der Waals surface area contributed by atoms with Crippen molar-refractivity contribution >= 4 is 29.7 Å². The Morgan fingerprint density at radius 3 is 2.31 bits per heavy atom. The number of rotatable bonds is 8. The van der Waals surface area contributed by atoms with Crippen LogP contribution in [-0.2, 0) is 14.3 Å². The van der Waals surface area contributed by atoms with E-state index in [0.29, 0.717) is 18.8 Å². The summed E-state index contributed by atoms with van der Waals surface area (Å²) in [4.78, 5) is 38.3. The quantitative estimate of drug-likeness (QED) is 0.568. The highest BCUT2D eigenvalue weighted by atomic mass is 32.2. The van der Waals surface area contributed by atoms with Crippen LogP contribution in [-0.4, -0.2) is 65.2 Å². The van der Waals surface area contributed by atoms with Crippen LogP contribution < -0.4 is 5.32 Å². The highest BCUT2D eigenvalue weighted by Crippen LogP contribution is 2.44. The topological polar surface area (TPSA) is 95.9 Å². The average molecular weight is 497 g/mol. The number of hydrogen-bond donors (Lipinski definition) is 2. The van der Waals surface area contributed by atoms with Gasteiger partial charge in [0.25, 0.3) is 0 Å². The maximum Gasteiger partial charge on any atom is 0.407 e. The van der Waals surface area contributed by atoms with Crippen LogP contribution in [0.25, 0.3) is 11.1 Å². The molecule has 1 aliphatic heterocycles. The van der Waals surface area contributed by atoms with Crippen LogP contribution >= 0.6 is 11.8 Å². The van der Waals surface area contributed by atoms with E-state index in [1.165, 1.54) is 22.9 Å². The largest absolute Gasteiger partial charge is 0.480 e. The van der Waals surface area contributed by atoms with Crippen molar-refractivity contribution in [3.05, 3.63) is 59.7 Å². The van der Waals surface area contributed by atoms with Gasteiger partial charge in [-0.15, -0.1) is 11.8 Å². The molecule has 0 radical (unpaired) electrons. The Hall–Kier alpha value is -3.00. The summed E-state index contributed by atoms with van der Waals surface area (Å²) < 4.78 is 5.62. The van der Waals surface area contributed by atoms with Gasteiger partial charge in [-0.3, -0.25) is 9.59 Å². The molecule has 8 heteroatoms. The van der Waals surface area contributed by atoms with Crippen molar-refractivity contribution in [1.82, 2.24) is 10.2 Å². The number of carboxylic acid groups (broad SMARTS) is 1. The molecule has 2 aromatic rings.